The minimum absolute atomic E-state index is 0.492. The Morgan fingerprint density at radius 2 is 0.971 bits per heavy atom. The topological polar surface area (TPSA) is 75.5 Å². The van der Waals surface area contributed by atoms with Crippen LogP contribution in [-0.4, -0.2) is 13.7 Å². The smallest absolute Gasteiger partial charge is 0.137 e. The monoisotopic (exact) mass is 865 g/mol. The molecule has 6 nitrogen and oxygen atoms in total. The summed E-state index contributed by atoms with van der Waals surface area (Å²) in [5, 5.41) is 29.9. The van der Waals surface area contributed by atoms with Crippen molar-refractivity contribution in [1.29, 1.82) is 10.5 Å². The Morgan fingerprint density at radius 3 is 1.76 bits per heavy atom. The summed E-state index contributed by atoms with van der Waals surface area (Å²) < 4.78 is 13.7. The first kappa shape index (κ1) is 37.7. The van der Waals surface area contributed by atoms with Crippen molar-refractivity contribution in [3.05, 3.63) is 223 Å². The molecule has 314 valence electrons. The summed E-state index contributed by atoms with van der Waals surface area (Å²) in [4.78, 5) is 0. The summed E-state index contributed by atoms with van der Waals surface area (Å²) in [5.41, 5.74) is 15.6. The maximum Gasteiger partial charge on any atom is 0.137 e. The lowest BCUT2D eigenvalue weighted by Crippen LogP contribution is -2.02. The second kappa shape index (κ2) is 14.4. The molecule has 0 aliphatic rings. The Bertz CT molecular complexity index is 4530. The van der Waals surface area contributed by atoms with E-state index in [1.165, 1.54) is 21.7 Å². The maximum absolute atomic E-state index is 10.7. The Labute approximate surface area is 389 Å². The lowest BCUT2D eigenvalue weighted by Gasteiger charge is -2.18. The number of rotatable bonds is 5. The van der Waals surface area contributed by atoms with E-state index < -0.39 is 0 Å². The molecule has 0 aliphatic heterocycles. The lowest BCUT2D eigenvalue weighted by molar-refractivity contribution is 0.669. The first-order valence-corrected chi connectivity index (χ1v) is 22.7. The fourth-order valence-corrected chi connectivity index (χ4v) is 11.0. The van der Waals surface area contributed by atoms with Gasteiger partial charge in [-0.3, -0.25) is 0 Å². The van der Waals surface area contributed by atoms with Gasteiger partial charge in [0, 0.05) is 77.2 Å². The third-order valence-corrected chi connectivity index (χ3v) is 13.9. The minimum Gasteiger partial charge on any atom is -0.456 e. The van der Waals surface area contributed by atoms with Crippen molar-refractivity contribution < 1.29 is 4.42 Å². The van der Waals surface area contributed by atoms with Gasteiger partial charge in [0.15, 0.2) is 0 Å². The van der Waals surface area contributed by atoms with Gasteiger partial charge in [-0.25, -0.2) is 0 Å². The van der Waals surface area contributed by atoms with Gasteiger partial charge in [-0.1, -0.05) is 133 Å². The molecule has 0 saturated heterocycles. The van der Waals surface area contributed by atoms with Crippen molar-refractivity contribution in [3.63, 3.8) is 0 Å². The van der Waals surface area contributed by atoms with Gasteiger partial charge in [-0.2, -0.15) is 10.5 Å². The molecule has 4 aromatic heterocycles. The lowest BCUT2D eigenvalue weighted by atomic mass is 9.92. The molecule has 0 unspecified atom stereocenters. The van der Waals surface area contributed by atoms with Gasteiger partial charge >= 0.3 is 0 Å². The van der Waals surface area contributed by atoms with Gasteiger partial charge in [-0.15, -0.1) is 0 Å². The third-order valence-electron chi connectivity index (χ3n) is 13.9. The number of benzene rings is 10. The molecule has 68 heavy (non-hydrogen) atoms. The summed E-state index contributed by atoms with van der Waals surface area (Å²) >= 11 is 0. The number of furan rings is 1. The zero-order chi connectivity index (χ0) is 45.0. The van der Waals surface area contributed by atoms with Crippen LogP contribution in [0.3, 0.4) is 0 Å². The Kier molecular flexibility index (Phi) is 8.01. The largest absolute Gasteiger partial charge is 0.456 e. The number of fused-ring (bicyclic) bond motifs is 13. The van der Waals surface area contributed by atoms with E-state index in [0.29, 0.717) is 11.1 Å². The van der Waals surface area contributed by atoms with Gasteiger partial charge in [0.1, 0.15) is 11.2 Å². The van der Waals surface area contributed by atoms with Gasteiger partial charge in [0.25, 0.3) is 0 Å². The van der Waals surface area contributed by atoms with Gasteiger partial charge in [0.05, 0.1) is 62.1 Å². The minimum atomic E-state index is 0.492. The van der Waals surface area contributed by atoms with Crippen LogP contribution in [0.25, 0.3) is 127 Å². The fraction of sp³-hybridized carbons (Fsp3) is 0. The summed E-state index contributed by atoms with van der Waals surface area (Å²) in [7, 11) is 0. The molecular weight excluding hydrogens is 831 g/mol. The average Bonchev–Trinajstić information content (AvgIpc) is 4.14. The molecule has 14 aromatic rings. The molecule has 4 heterocycles. The van der Waals surface area contributed by atoms with Crippen molar-refractivity contribution in [2.45, 2.75) is 0 Å². The molecule has 0 radical (unpaired) electrons. The normalized spacial score (nSPS) is 11.8. The highest BCUT2D eigenvalue weighted by molar-refractivity contribution is 6.26. The number of aromatic nitrogens is 3. The molecule has 0 spiro atoms. The average molecular weight is 866 g/mol. The summed E-state index contributed by atoms with van der Waals surface area (Å²) in [5.74, 6) is 0. The number of nitrogens with zero attached hydrogens (tertiary/aromatic N) is 5. The zero-order valence-electron chi connectivity index (χ0n) is 36.4. The van der Waals surface area contributed by atoms with Crippen LogP contribution in [0, 0.1) is 22.7 Å². The number of nitriles is 2. The van der Waals surface area contributed by atoms with Crippen LogP contribution in [0.1, 0.15) is 11.1 Å². The molecule has 14 rings (SSSR count). The van der Waals surface area contributed by atoms with Crippen molar-refractivity contribution >= 4 is 87.4 Å². The fourth-order valence-electron chi connectivity index (χ4n) is 11.0. The number of hydrogen-bond acceptors (Lipinski definition) is 3. The molecule has 0 bridgehead atoms. The highest BCUT2D eigenvalue weighted by Crippen LogP contribution is 2.45. The molecule has 6 heteroatoms. The molecule has 0 fully saturated rings. The predicted octanol–water partition coefficient (Wildman–Crippen LogP) is 16.0. The molecule has 0 aliphatic carbocycles. The first-order chi connectivity index (χ1) is 33.7. The van der Waals surface area contributed by atoms with Crippen LogP contribution >= 0.6 is 0 Å². The SMILES string of the molecule is N#Cc1ccccc1-c1ccc(-c2ccc(-n3c4ccccc4c4c3ccc3c5ccccc5n(-c5ccccc5)c34)cc2-n2c3ccccc3c3cc4c(cc32)oc2ccccc24)cc1C#N. The van der Waals surface area contributed by atoms with Crippen LogP contribution in [-0.2, 0) is 0 Å². The van der Waals surface area contributed by atoms with Gasteiger partial charge < -0.3 is 18.1 Å². The third kappa shape index (κ3) is 5.31. The number of para-hydroxylation sites is 5. The van der Waals surface area contributed by atoms with Crippen molar-refractivity contribution in [3.8, 4) is 51.5 Å². The van der Waals surface area contributed by atoms with Crippen molar-refractivity contribution in [2.24, 2.45) is 0 Å². The van der Waals surface area contributed by atoms with Crippen LogP contribution in [0.2, 0.25) is 0 Å². The van der Waals surface area contributed by atoms with E-state index in [4.69, 9.17) is 4.42 Å². The highest BCUT2D eigenvalue weighted by atomic mass is 16.3. The molecule has 0 atom stereocenters. The molecule has 0 saturated carbocycles. The molecule has 0 N–H and O–H groups in total. The standard InChI is InChI=1S/C62H35N5O/c63-36-39-14-4-5-17-43(39)44-28-26-38(32-40(44)37-64)45-29-27-42(33-57(45)67-54-23-11-7-19-47(54)51-34-52-48-20-9-13-25-59(48)68-60(52)35-58(51)67)65-55-24-12-8-21-50(55)61-56(65)31-30-49-46-18-6-10-22-53(46)66(62(49)61)41-15-2-1-3-16-41/h1-35H. The van der Waals surface area contributed by atoms with Crippen molar-refractivity contribution in [1.82, 2.24) is 13.7 Å². The van der Waals surface area contributed by atoms with Gasteiger partial charge in [0.2, 0.25) is 0 Å². The van der Waals surface area contributed by atoms with E-state index in [9.17, 15) is 10.5 Å². The van der Waals surface area contributed by atoms with E-state index in [-0.39, 0.29) is 0 Å². The van der Waals surface area contributed by atoms with E-state index in [2.05, 4.69) is 190 Å². The summed E-state index contributed by atoms with van der Waals surface area (Å²) in [6.07, 6.45) is 0. The zero-order valence-corrected chi connectivity index (χ0v) is 36.4. The van der Waals surface area contributed by atoms with E-state index in [1.54, 1.807) is 6.07 Å². The second-order valence-corrected chi connectivity index (χ2v) is 17.4. The van der Waals surface area contributed by atoms with E-state index in [1.807, 2.05) is 42.5 Å². The number of hydrogen-bond donors (Lipinski definition) is 0. The van der Waals surface area contributed by atoms with Crippen molar-refractivity contribution in [2.75, 3.05) is 0 Å². The quantitative estimate of drug-likeness (QED) is 0.173. The van der Waals surface area contributed by atoms with E-state index in [0.717, 1.165) is 105 Å². The van der Waals surface area contributed by atoms with Crippen LogP contribution in [0.4, 0.5) is 0 Å². The van der Waals surface area contributed by atoms with Gasteiger partial charge in [-0.05, 0) is 78.4 Å². The van der Waals surface area contributed by atoms with Crippen LogP contribution in [0.15, 0.2) is 217 Å². The Balaban J connectivity index is 1.09. The summed E-state index contributed by atoms with van der Waals surface area (Å²) in [6.45, 7) is 0. The van der Waals surface area contributed by atoms with Crippen LogP contribution in [0.5, 0.6) is 0 Å². The summed E-state index contributed by atoms with van der Waals surface area (Å²) in [6, 6.07) is 78.9. The second-order valence-electron chi connectivity index (χ2n) is 17.4. The van der Waals surface area contributed by atoms with E-state index >= 15 is 0 Å². The molecular formula is C62H35N5O. The Hall–Kier alpha value is -9.62. The maximum atomic E-state index is 10.7. The molecule has 0 amide bonds. The Morgan fingerprint density at radius 1 is 0.338 bits per heavy atom. The molecule has 10 aromatic carbocycles. The highest BCUT2D eigenvalue weighted by Gasteiger charge is 2.24. The first-order valence-electron chi connectivity index (χ1n) is 22.7. The predicted molar refractivity (Wildman–Crippen MR) is 277 cm³/mol. The van der Waals surface area contributed by atoms with Crippen LogP contribution < -0.4 is 0 Å².